The Labute approximate surface area is 197 Å². The first kappa shape index (κ1) is 22.7. The minimum absolute atomic E-state index is 0.161. The summed E-state index contributed by atoms with van der Waals surface area (Å²) in [4.78, 5) is 29.8. The quantitative estimate of drug-likeness (QED) is 0.409. The lowest BCUT2D eigenvalue weighted by Crippen LogP contribution is -2.22. The van der Waals surface area contributed by atoms with Crippen molar-refractivity contribution in [1.82, 2.24) is 19.7 Å². The number of H-pyrrole nitrogens is 1. The van der Waals surface area contributed by atoms with Gasteiger partial charge in [-0.05, 0) is 50.2 Å². The molecule has 0 aliphatic heterocycles. The van der Waals surface area contributed by atoms with Crippen LogP contribution in [0.4, 0.5) is 5.69 Å². The maximum atomic E-state index is 12.2. The van der Waals surface area contributed by atoms with Crippen LogP contribution >= 0.6 is 23.2 Å². The molecule has 172 valence electrons. The molecule has 0 radical (unpaired) electrons. The highest BCUT2D eigenvalue weighted by atomic mass is 35.5. The van der Waals surface area contributed by atoms with Gasteiger partial charge in [0.05, 0.1) is 28.2 Å². The summed E-state index contributed by atoms with van der Waals surface area (Å²) in [5.41, 5.74) is 1.55. The van der Waals surface area contributed by atoms with Crippen LogP contribution in [0.5, 0.6) is 17.5 Å². The first-order valence-corrected chi connectivity index (χ1v) is 10.4. The summed E-state index contributed by atoms with van der Waals surface area (Å²) in [6, 6.07) is 8.77. The van der Waals surface area contributed by atoms with Gasteiger partial charge in [0.25, 0.3) is 11.9 Å². The summed E-state index contributed by atoms with van der Waals surface area (Å²) in [6.07, 6.45) is 0. The van der Waals surface area contributed by atoms with Gasteiger partial charge in [0.1, 0.15) is 5.75 Å². The number of rotatable bonds is 5. The van der Waals surface area contributed by atoms with Gasteiger partial charge in [-0.1, -0.05) is 23.2 Å². The standard InChI is InChI=1S/C21H19Cl2N5O5/c1-21(2,3)28-15-9-11(5-6-14(15)25-19(28)31-4)32-16-12(22)7-10(8-13(16)23)24-18(29)17-26-20(30)33-27-17/h5-9H,1-4H3,(H,24,29)(H,26,27,30). The van der Waals surface area contributed by atoms with Crippen molar-refractivity contribution in [2.45, 2.75) is 26.3 Å². The first-order chi connectivity index (χ1) is 15.6. The monoisotopic (exact) mass is 491 g/mol. The van der Waals surface area contributed by atoms with Crippen molar-refractivity contribution in [2.24, 2.45) is 0 Å². The summed E-state index contributed by atoms with van der Waals surface area (Å²) in [6.45, 7) is 6.12. The van der Waals surface area contributed by atoms with E-state index < -0.39 is 11.7 Å². The molecule has 4 rings (SSSR count). The smallest absolute Gasteiger partial charge is 0.439 e. The third-order valence-corrected chi connectivity index (χ3v) is 5.14. The number of aromatic nitrogens is 4. The van der Waals surface area contributed by atoms with Gasteiger partial charge in [0.15, 0.2) is 5.75 Å². The largest absolute Gasteiger partial charge is 0.468 e. The molecule has 0 bridgehead atoms. The van der Waals surface area contributed by atoms with Crippen molar-refractivity contribution < 1.29 is 18.8 Å². The van der Waals surface area contributed by atoms with Crippen LogP contribution in [0.1, 0.15) is 31.4 Å². The van der Waals surface area contributed by atoms with E-state index in [1.54, 1.807) is 13.2 Å². The molecule has 4 aromatic rings. The molecule has 12 heteroatoms. The first-order valence-electron chi connectivity index (χ1n) is 9.68. The molecule has 0 aliphatic carbocycles. The number of aromatic amines is 1. The van der Waals surface area contributed by atoms with E-state index >= 15 is 0 Å². The molecule has 0 atom stereocenters. The number of hydrogen-bond acceptors (Lipinski definition) is 7. The number of carbonyl (C=O) groups excluding carboxylic acids is 1. The molecule has 0 saturated carbocycles. The molecule has 10 nitrogen and oxygen atoms in total. The molecule has 2 aromatic carbocycles. The van der Waals surface area contributed by atoms with Crippen molar-refractivity contribution in [1.29, 1.82) is 0 Å². The summed E-state index contributed by atoms with van der Waals surface area (Å²) in [7, 11) is 1.57. The predicted octanol–water partition coefficient (Wildman–Crippen LogP) is 4.83. The van der Waals surface area contributed by atoms with E-state index in [0.29, 0.717) is 11.8 Å². The normalized spacial score (nSPS) is 11.6. The Hall–Kier alpha value is -3.50. The molecular formula is C21H19Cl2N5O5. The fraction of sp³-hybridized carbons (Fsp3) is 0.238. The van der Waals surface area contributed by atoms with Crippen molar-refractivity contribution in [3.63, 3.8) is 0 Å². The number of benzene rings is 2. The van der Waals surface area contributed by atoms with E-state index in [1.165, 1.54) is 12.1 Å². The van der Waals surface area contributed by atoms with Crippen molar-refractivity contribution in [3.8, 4) is 17.5 Å². The zero-order valence-corrected chi connectivity index (χ0v) is 19.5. The highest BCUT2D eigenvalue weighted by molar-refractivity contribution is 6.37. The number of methoxy groups -OCH3 is 1. The van der Waals surface area contributed by atoms with E-state index in [2.05, 4.69) is 25.0 Å². The second kappa shape index (κ2) is 8.45. The van der Waals surface area contributed by atoms with Crippen LogP contribution in [0.15, 0.2) is 39.6 Å². The molecule has 0 unspecified atom stereocenters. The molecule has 1 amide bonds. The van der Waals surface area contributed by atoms with Crippen LogP contribution in [0.3, 0.4) is 0 Å². The second-order valence-electron chi connectivity index (χ2n) is 8.02. The Balaban J connectivity index is 1.64. The molecule has 0 saturated heterocycles. The van der Waals surface area contributed by atoms with Crippen molar-refractivity contribution >= 4 is 45.8 Å². The topological polar surface area (TPSA) is 124 Å². The van der Waals surface area contributed by atoms with Crippen LogP contribution in [0.25, 0.3) is 11.0 Å². The number of hydrogen-bond donors (Lipinski definition) is 2. The van der Waals surface area contributed by atoms with E-state index in [4.69, 9.17) is 32.7 Å². The Kier molecular flexibility index (Phi) is 5.81. The van der Waals surface area contributed by atoms with Crippen LogP contribution in [-0.2, 0) is 5.54 Å². The van der Waals surface area contributed by atoms with Crippen molar-refractivity contribution in [2.75, 3.05) is 12.4 Å². The minimum Gasteiger partial charge on any atom is -0.468 e. The van der Waals surface area contributed by atoms with Crippen LogP contribution in [0.2, 0.25) is 10.0 Å². The minimum atomic E-state index is -0.845. The van der Waals surface area contributed by atoms with Crippen molar-refractivity contribution in [3.05, 3.63) is 56.8 Å². The molecule has 2 heterocycles. The average Bonchev–Trinajstić information content (AvgIpc) is 3.33. The van der Waals surface area contributed by atoms with Gasteiger partial charge in [-0.3, -0.25) is 18.9 Å². The van der Waals surface area contributed by atoms with E-state index in [-0.39, 0.29) is 32.8 Å². The number of carbonyl (C=O) groups is 1. The molecular weight excluding hydrogens is 473 g/mol. The molecule has 33 heavy (non-hydrogen) atoms. The Morgan fingerprint density at radius 1 is 1.18 bits per heavy atom. The Morgan fingerprint density at radius 2 is 1.88 bits per heavy atom. The molecule has 2 aromatic heterocycles. The zero-order valence-electron chi connectivity index (χ0n) is 18.0. The van der Waals surface area contributed by atoms with Gasteiger partial charge in [-0.15, -0.1) is 0 Å². The van der Waals surface area contributed by atoms with Gasteiger partial charge in [0.2, 0.25) is 5.82 Å². The second-order valence-corrected chi connectivity index (χ2v) is 8.84. The third-order valence-electron chi connectivity index (χ3n) is 4.58. The maximum absolute atomic E-state index is 12.2. The van der Waals surface area contributed by atoms with E-state index in [1.807, 2.05) is 37.5 Å². The van der Waals surface area contributed by atoms with Gasteiger partial charge in [-0.2, -0.15) is 4.98 Å². The summed E-state index contributed by atoms with van der Waals surface area (Å²) < 4.78 is 17.7. The lowest BCUT2D eigenvalue weighted by atomic mass is 10.1. The fourth-order valence-electron chi connectivity index (χ4n) is 3.25. The average molecular weight is 492 g/mol. The SMILES string of the molecule is COc1nc2ccc(Oc3c(Cl)cc(NC(=O)c4noc(=O)[nH]4)cc3Cl)cc2n1C(C)(C)C. The number of halogens is 2. The van der Waals surface area contributed by atoms with E-state index in [9.17, 15) is 9.59 Å². The highest BCUT2D eigenvalue weighted by Gasteiger charge is 2.23. The molecule has 2 N–H and O–H groups in total. The number of anilines is 1. The van der Waals surface area contributed by atoms with Gasteiger partial charge < -0.3 is 14.8 Å². The Morgan fingerprint density at radius 3 is 2.45 bits per heavy atom. The fourth-order valence-corrected chi connectivity index (χ4v) is 3.81. The summed E-state index contributed by atoms with van der Waals surface area (Å²) in [5.74, 6) is -1.14. The lowest BCUT2D eigenvalue weighted by molar-refractivity contribution is 0.101. The molecule has 0 spiro atoms. The zero-order chi connectivity index (χ0) is 23.9. The number of imidazole rings is 1. The molecule has 0 aliphatic rings. The van der Waals surface area contributed by atoms with Crippen LogP contribution < -0.4 is 20.5 Å². The van der Waals surface area contributed by atoms with E-state index in [0.717, 1.165) is 11.0 Å². The van der Waals surface area contributed by atoms with Crippen LogP contribution in [-0.4, -0.2) is 32.7 Å². The van der Waals surface area contributed by atoms with Gasteiger partial charge >= 0.3 is 5.76 Å². The summed E-state index contributed by atoms with van der Waals surface area (Å²) >= 11 is 12.8. The highest BCUT2D eigenvalue weighted by Crippen LogP contribution is 2.40. The van der Waals surface area contributed by atoms with Gasteiger partial charge in [0, 0.05) is 17.3 Å². The number of fused-ring (bicyclic) bond motifs is 1. The number of amides is 1. The number of nitrogens with zero attached hydrogens (tertiary/aromatic N) is 3. The number of ether oxygens (including phenoxy) is 2. The number of nitrogens with one attached hydrogen (secondary N) is 2. The summed E-state index contributed by atoms with van der Waals surface area (Å²) in [5, 5.41) is 6.17. The third kappa shape index (κ3) is 4.53. The Bertz CT molecular complexity index is 1390. The molecule has 0 fully saturated rings. The maximum Gasteiger partial charge on any atom is 0.439 e. The predicted molar refractivity (Wildman–Crippen MR) is 123 cm³/mol. The van der Waals surface area contributed by atoms with Gasteiger partial charge in [-0.25, -0.2) is 4.79 Å². The lowest BCUT2D eigenvalue weighted by Gasteiger charge is -2.23. The van der Waals surface area contributed by atoms with Crippen LogP contribution in [0, 0.1) is 0 Å².